The summed E-state index contributed by atoms with van der Waals surface area (Å²) < 4.78 is 25.8. The molecule has 1 fully saturated rings. The van der Waals surface area contributed by atoms with E-state index in [4.69, 9.17) is 0 Å². The van der Waals surface area contributed by atoms with Crippen LogP contribution in [-0.4, -0.2) is 43.5 Å². The molecule has 2 unspecified atom stereocenters. The molecular formula is C13H20N2O3S. The summed E-state index contributed by atoms with van der Waals surface area (Å²) in [6, 6.07) is 7.53. The monoisotopic (exact) mass is 284 g/mol. The Hall–Kier alpha value is -1.11. The van der Waals surface area contributed by atoms with Crippen molar-refractivity contribution in [3.63, 3.8) is 0 Å². The number of aryl methyl sites for hydroxylation is 1. The van der Waals surface area contributed by atoms with Crippen LogP contribution in [0.5, 0.6) is 0 Å². The molecule has 2 atom stereocenters. The van der Waals surface area contributed by atoms with Crippen molar-refractivity contribution in [1.29, 1.82) is 0 Å². The molecule has 5 nitrogen and oxygen atoms in total. The van der Waals surface area contributed by atoms with E-state index in [1.807, 2.05) is 31.2 Å². The molecule has 0 aliphatic carbocycles. The SMILES string of the molecule is Cc1ccc(N2C(O)CCC2S(=O)(=O)N(C)C)cc1. The second-order valence-electron chi connectivity index (χ2n) is 5.08. The van der Waals surface area contributed by atoms with Gasteiger partial charge in [-0.25, -0.2) is 12.7 Å². The summed E-state index contributed by atoms with van der Waals surface area (Å²) in [6.45, 7) is 1.97. The Morgan fingerprint density at radius 2 is 1.79 bits per heavy atom. The van der Waals surface area contributed by atoms with Crippen LogP contribution in [-0.2, 0) is 10.0 Å². The average molecular weight is 284 g/mol. The molecule has 1 saturated heterocycles. The first-order valence-electron chi connectivity index (χ1n) is 6.28. The van der Waals surface area contributed by atoms with Crippen molar-refractivity contribution in [2.24, 2.45) is 0 Å². The number of sulfonamides is 1. The van der Waals surface area contributed by atoms with Crippen LogP contribution in [0.4, 0.5) is 5.69 Å². The smallest absolute Gasteiger partial charge is 0.234 e. The molecule has 1 aliphatic heterocycles. The van der Waals surface area contributed by atoms with E-state index in [-0.39, 0.29) is 0 Å². The Labute approximate surface area is 114 Å². The first-order valence-corrected chi connectivity index (χ1v) is 7.79. The third-order valence-electron chi connectivity index (χ3n) is 3.49. The normalized spacial score (nSPS) is 24.2. The van der Waals surface area contributed by atoms with Crippen LogP contribution in [0.2, 0.25) is 0 Å². The molecule has 0 saturated carbocycles. The van der Waals surface area contributed by atoms with Gasteiger partial charge in [0.25, 0.3) is 0 Å². The van der Waals surface area contributed by atoms with Gasteiger partial charge in [-0.15, -0.1) is 0 Å². The Balaban J connectivity index is 2.38. The zero-order valence-electron chi connectivity index (χ0n) is 11.4. The van der Waals surface area contributed by atoms with Crippen LogP contribution < -0.4 is 4.90 Å². The number of benzene rings is 1. The minimum atomic E-state index is -3.42. The molecule has 0 aromatic heterocycles. The third-order valence-corrected chi connectivity index (χ3v) is 5.66. The minimum absolute atomic E-state index is 0.440. The Bertz CT molecular complexity index is 540. The second-order valence-corrected chi connectivity index (χ2v) is 7.39. The van der Waals surface area contributed by atoms with E-state index < -0.39 is 21.6 Å². The molecule has 0 spiro atoms. The summed E-state index contributed by atoms with van der Waals surface area (Å²) in [6.07, 6.45) is 0.156. The maximum atomic E-state index is 12.3. The average Bonchev–Trinajstić information content (AvgIpc) is 2.72. The van der Waals surface area contributed by atoms with Gasteiger partial charge >= 0.3 is 0 Å². The summed E-state index contributed by atoms with van der Waals surface area (Å²) in [5.41, 5.74) is 1.84. The van der Waals surface area contributed by atoms with E-state index in [1.165, 1.54) is 18.4 Å². The lowest BCUT2D eigenvalue weighted by Gasteiger charge is -2.31. The van der Waals surface area contributed by atoms with Crippen molar-refractivity contribution in [2.45, 2.75) is 31.4 Å². The van der Waals surface area contributed by atoms with Crippen LogP contribution in [0.3, 0.4) is 0 Å². The molecule has 1 heterocycles. The maximum absolute atomic E-state index is 12.3. The maximum Gasteiger partial charge on any atom is 0.234 e. The molecule has 1 aromatic carbocycles. The molecule has 1 N–H and O–H groups in total. The van der Waals surface area contributed by atoms with Crippen molar-refractivity contribution in [3.05, 3.63) is 29.8 Å². The lowest BCUT2D eigenvalue weighted by molar-refractivity contribution is 0.184. The van der Waals surface area contributed by atoms with Crippen LogP contribution in [0.1, 0.15) is 18.4 Å². The minimum Gasteiger partial charge on any atom is -0.374 e. The number of aliphatic hydroxyl groups is 1. The number of hydrogen-bond donors (Lipinski definition) is 1. The molecule has 1 aromatic rings. The van der Waals surface area contributed by atoms with Gasteiger partial charge in [-0.05, 0) is 31.9 Å². The van der Waals surface area contributed by atoms with E-state index >= 15 is 0 Å². The summed E-state index contributed by atoms with van der Waals surface area (Å²) in [7, 11) is -0.375. The second kappa shape index (κ2) is 5.11. The van der Waals surface area contributed by atoms with E-state index in [1.54, 1.807) is 4.90 Å². The van der Waals surface area contributed by atoms with Gasteiger partial charge < -0.3 is 10.0 Å². The highest BCUT2D eigenvalue weighted by molar-refractivity contribution is 7.89. The van der Waals surface area contributed by atoms with Gasteiger partial charge in [0.05, 0.1) is 0 Å². The van der Waals surface area contributed by atoms with Gasteiger partial charge in [-0.1, -0.05) is 17.7 Å². The van der Waals surface area contributed by atoms with Crippen LogP contribution in [0.25, 0.3) is 0 Å². The lowest BCUT2D eigenvalue weighted by Crippen LogP contribution is -2.45. The molecule has 19 heavy (non-hydrogen) atoms. The highest BCUT2D eigenvalue weighted by Crippen LogP contribution is 2.33. The van der Waals surface area contributed by atoms with Crippen LogP contribution >= 0.6 is 0 Å². The quantitative estimate of drug-likeness (QED) is 0.904. The largest absolute Gasteiger partial charge is 0.374 e. The standard InChI is InChI=1S/C13H20N2O3S/c1-10-4-6-11(7-5-10)15-12(16)8-9-13(15)19(17,18)14(2)3/h4-7,12-13,16H,8-9H2,1-3H3. The van der Waals surface area contributed by atoms with E-state index in [0.717, 1.165) is 11.3 Å². The molecule has 0 radical (unpaired) electrons. The number of anilines is 1. The molecule has 1 aliphatic rings. The van der Waals surface area contributed by atoms with Crippen LogP contribution in [0.15, 0.2) is 24.3 Å². The fourth-order valence-electron chi connectivity index (χ4n) is 2.35. The summed E-state index contributed by atoms with van der Waals surface area (Å²) in [5, 5.41) is 9.38. The Kier molecular flexibility index (Phi) is 3.85. The van der Waals surface area contributed by atoms with Crippen molar-refractivity contribution in [3.8, 4) is 0 Å². The number of nitrogens with zero attached hydrogens (tertiary/aromatic N) is 2. The van der Waals surface area contributed by atoms with E-state index in [2.05, 4.69) is 0 Å². The molecule has 0 amide bonds. The van der Waals surface area contributed by atoms with Gasteiger partial charge in [0.15, 0.2) is 0 Å². The molecule has 0 bridgehead atoms. The van der Waals surface area contributed by atoms with E-state index in [0.29, 0.717) is 12.8 Å². The zero-order valence-corrected chi connectivity index (χ0v) is 12.3. The predicted octanol–water partition coefficient (Wildman–Crippen LogP) is 1.13. The lowest BCUT2D eigenvalue weighted by atomic mass is 10.2. The zero-order chi connectivity index (χ0) is 14.2. The first kappa shape index (κ1) is 14.3. The van der Waals surface area contributed by atoms with Crippen LogP contribution in [0, 0.1) is 6.92 Å². The highest BCUT2D eigenvalue weighted by Gasteiger charge is 2.41. The summed E-state index contributed by atoms with van der Waals surface area (Å²) >= 11 is 0. The topological polar surface area (TPSA) is 60.9 Å². The number of hydrogen-bond acceptors (Lipinski definition) is 4. The van der Waals surface area contributed by atoms with Crippen molar-refractivity contribution >= 4 is 15.7 Å². The Morgan fingerprint density at radius 3 is 2.32 bits per heavy atom. The van der Waals surface area contributed by atoms with Gasteiger partial charge in [0.2, 0.25) is 10.0 Å². The van der Waals surface area contributed by atoms with Crippen molar-refractivity contribution < 1.29 is 13.5 Å². The highest BCUT2D eigenvalue weighted by atomic mass is 32.2. The van der Waals surface area contributed by atoms with Crippen molar-refractivity contribution in [1.82, 2.24) is 4.31 Å². The summed E-state index contributed by atoms with van der Waals surface area (Å²) in [5.74, 6) is 0. The van der Waals surface area contributed by atoms with Gasteiger partial charge in [-0.2, -0.15) is 0 Å². The molecule has 2 rings (SSSR count). The fourth-order valence-corrected chi connectivity index (χ4v) is 3.82. The number of rotatable bonds is 3. The van der Waals surface area contributed by atoms with E-state index in [9.17, 15) is 13.5 Å². The Morgan fingerprint density at radius 1 is 1.21 bits per heavy atom. The molecule has 6 heteroatoms. The fraction of sp³-hybridized carbons (Fsp3) is 0.538. The van der Waals surface area contributed by atoms with Gasteiger partial charge in [0.1, 0.15) is 11.6 Å². The van der Waals surface area contributed by atoms with Crippen molar-refractivity contribution in [2.75, 3.05) is 19.0 Å². The number of aliphatic hydroxyl groups excluding tert-OH is 1. The van der Waals surface area contributed by atoms with Gasteiger partial charge in [0, 0.05) is 19.8 Å². The third kappa shape index (κ3) is 2.61. The predicted molar refractivity (Wildman–Crippen MR) is 75.3 cm³/mol. The van der Waals surface area contributed by atoms with Gasteiger partial charge in [-0.3, -0.25) is 0 Å². The molecular weight excluding hydrogens is 264 g/mol. The molecule has 106 valence electrons. The first-order chi connectivity index (χ1) is 8.84. The summed E-state index contributed by atoms with van der Waals surface area (Å²) in [4.78, 5) is 1.59.